The van der Waals surface area contributed by atoms with Gasteiger partial charge in [-0.2, -0.15) is 0 Å². The summed E-state index contributed by atoms with van der Waals surface area (Å²) >= 11 is 5.37. The van der Waals surface area contributed by atoms with Gasteiger partial charge in [0.05, 0.1) is 11.6 Å². The fourth-order valence-corrected chi connectivity index (χ4v) is 4.88. The monoisotopic (exact) mass is 346 g/mol. The van der Waals surface area contributed by atoms with Crippen LogP contribution in [0.2, 0.25) is 0 Å². The first-order valence-electron chi connectivity index (χ1n) is 7.06. The lowest BCUT2D eigenvalue weighted by Gasteiger charge is -2.39. The quantitative estimate of drug-likeness (QED) is 0.478. The first kappa shape index (κ1) is 15.4. The predicted octanol–water partition coefficient (Wildman–Crippen LogP) is 4.14. The number of hydrogen-bond donors (Lipinski definition) is 2. The molecule has 0 spiro atoms. The Kier molecular flexibility index (Phi) is 5.84. The fourth-order valence-electron chi connectivity index (χ4n) is 3.11. The van der Waals surface area contributed by atoms with Crippen molar-refractivity contribution in [1.29, 1.82) is 0 Å². The molecule has 0 aliphatic heterocycles. The minimum atomic E-state index is -0.159. The third-order valence-electron chi connectivity index (χ3n) is 3.98. The van der Waals surface area contributed by atoms with E-state index in [1.165, 1.54) is 30.6 Å². The molecule has 1 fully saturated rings. The molecule has 0 aromatic carbocycles. The zero-order valence-electron chi connectivity index (χ0n) is 11.5. The van der Waals surface area contributed by atoms with Crippen LogP contribution in [0.1, 0.15) is 56.4 Å². The maximum atomic E-state index is 6.23. The third-order valence-corrected chi connectivity index (χ3v) is 5.92. The Morgan fingerprint density at radius 3 is 2.58 bits per heavy atom. The Morgan fingerprint density at radius 1 is 1.42 bits per heavy atom. The maximum Gasteiger partial charge on any atom is 0.0897 e. The van der Waals surface area contributed by atoms with E-state index in [2.05, 4.69) is 39.7 Å². The van der Waals surface area contributed by atoms with Crippen LogP contribution in [0, 0.1) is 0 Å². The molecule has 5 heteroatoms. The van der Waals surface area contributed by atoms with Gasteiger partial charge in [-0.3, -0.25) is 5.84 Å². The molecule has 1 aromatic rings. The van der Waals surface area contributed by atoms with E-state index in [1.54, 1.807) is 11.3 Å². The van der Waals surface area contributed by atoms with Crippen LogP contribution < -0.4 is 11.3 Å². The molecular formula is C14H23BrN2OS. The van der Waals surface area contributed by atoms with E-state index in [4.69, 9.17) is 10.6 Å². The third kappa shape index (κ3) is 3.39. The number of ether oxygens (including phenoxy) is 1. The topological polar surface area (TPSA) is 47.3 Å². The second-order valence-corrected chi connectivity index (χ2v) is 6.95. The van der Waals surface area contributed by atoms with Crippen molar-refractivity contribution in [3.05, 3.63) is 20.8 Å². The van der Waals surface area contributed by atoms with Crippen LogP contribution in [0.5, 0.6) is 0 Å². The summed E-state index contributed by atoms with van der Waals surface area (Å²) in [4.78, 5) is 1.25. The lowest BCUT2D eigenvalue weighted by atomic mass is 9.85. The molecule has 1 saturated carbocycles. The zero-order valence-corrected chi connectivity index (χ0v) is 13.9. The normalized spacial score (nSPS) is 21.0. The van der Waals surface area contributed by atoms with Gasteiger partial charge in [0, 0.05) is 16.0 Å². The van der Waals surface area contributed by atoms with Gasteiger partial charge in [0.15, 0.2) is 0 Å². The molecule has 0 saturated heterocycles. The summed E-state index contributed by atoms with van der Waals surface area (Å²) in [6.07, 6.45) is 7.22. The molecule has 1 atom stereocenters. The van der Waals surface area contributed by atoms with E-state index in [1.807, 2.05) is 0 Å². The highest BCUT2D eigenvalue weighted by molar-refractivity contribution is 9.10. The minimum absolute atomic E-state index is 0.0694. The van der Waals surface area contributed by atoms with Crippen molar-refractivity contribution in [3.8, 4) is 0 Å². The van der Waals surface area contributed by atoms with E-state index >= 15 is 0 Å². The molecule has 0 bridgehead atoms. The molecular weight excluding hydrogens is 324 g/mol. The molecule has 108 valence electrons. The summed E-state index contributed by atoms with van der Waals surface area (Å²) in [6.45, 7) is 2.81. The first-order chi connectivity index (χ1) is 9.23. The number of nitrogens with one attached hydrogen (secondary N) is 1. The van der Waals surface area contributed by atoms with Crippen LogP contribution in [0.3, 0.4) is 0 Å². The van der Waals surface area contributed by atoms with Crippen LogP contribution in [-0.4, -0.2) is 12.2 Å². The average molecular weight is 347 g/mol. The number of halogens is 1. The van der Waals surface area contributed by atoms with Gasteiger partial charge in [-0.15, -0.1) is 11.3 Å². The molecule has 1 aromatic heterocycles. The molecule has 1 unspecified atom stereocenters. The van der Waals surface area contributed by atoms with Crippen molar-refractivity contribution in [2.75, 3.05) is 6.61 Å². The van der Waals surface area contributed by atoms with Crippen molar-refractivity contribution in [2.45, 2.75) is 57.1 Å². The summed E-state index contributed by atoms with van der Waals surface area (Å²) in [5, 5.41) is 2.10. The standard InChI is InChI=1S/C14H23BrN2OS/c1-2-18-14(8-5-3-4-6-9-14)13(17-16)12-11(15)7-10-19-12/h7,10,13,17H,2-6,8-9,16H2,1H3. The van der Waals surface area contributed by atoms with Crippen molar-refractivity contribution in [3.63, 3.8) is 0 Å². The highest BCUT2D eigenvalue weighted by Crippen LogP contribution is 2.43. The Bertz CT molecular complexity index is 389. The molecule has 0 radical (unpaired) electrons. The SMILES string of the molecule is CCOC1(C(NN)c2sccc2Br)CCCCCC1. The van der Waals surface area contributed by atoms with Gasteiger partial charge in [-0.05, 0) is 47.1 Å². The van der Waals surface area contributed by atoms with E-state index in [9.17, 15) is 0 Å². The van der Waals surface area contributed by atoms with E-state index in [0.717, 1.165) is 23.9 Å². The molecule has 19 heavy (non-hydrogen) atoms. The Hall–Kier alpha value is 0.0600. The lowest BCUT2D eigenvalue weighted by molar-refractivity contribution is -0.0776. The van der Waals surface area contributed by atoms with Crippen molar-refractivity contribution < 1.29 is 4.74 Å². The number of thiophene rings is 1. The summed E-state index contributed by atoms with van der Waals surface area (Å²) in [6, 6.07) is 2.15. The number of nitrogens with two attached hydrogens (primary N) is 1. The second-order valence-electron chi connectivity index (χ2n) is 5.14. The zero-order chi connectivity index (χ0) is 13.7. The smallest absolute Gasteiger partial charge is 0.0897 e. The van der Waals surface area contributed by atoms with E-state index in [-0.39, 0.29) is 11.6 Å². The van der Waals surface area contributed by atoms with E-state index < -0.39 is 0 Å². The van der Waals surface area contributed by atoms with Gasteiger partial charge < -0.3 is 4.74 Å². The van der Waals surface area contributed by atoms with Crippen LogP contribution in [-0.2, 0) is 4.74 Å². The van der Waals surface area contributed by atoms with Gasteiger partial charge in [-0.1, -0.05) is 25.7 Å². The highest BCUT2D eigenvalue weighted by Gasteiger charge is 2.41. The fraction of sp³-hybridized carbons (Fsp3) is 0.714. The van der Waals surface area contributed by atoms with Gasteiger partial charge in [0.2, 0.25) is 0 Å². The van der Waals surface area contributed by atoms with Gasteiger partial charge in [0.25, 0.3) is 0 Å². The predicted molar refractivity (Wildman–Crippen MR) is 84.1 cm³/mol. The number of hydrazine groups is 1. The van der Waals surface area contributed by atoms with Crippen LogP contribution in [0.25, 0.3) is 0 Å². The van der Waals surface area contributed by atoms with Gasteiger partial charge in [0.1, 0.15) is 0 Å². The summed E-state index contributed by atoms with van der Waals surface area (Å²) < 4.78 is 7.35. The van der Waals surface area contributed by atoms with Crippen molar-refractivity contribution >= 4 is 27.3 Å². The second kappa shape index (κ2) is 7.18. The molecule has 2 rings (SSSR count). The van der Waals surface area contributed by atoms with Gasteiger partial charge >= 0.3 is 0 Å². The molecule has 3 nitrogen and oxygen atoms in total. The van der Waals surface area contributed by atoms with E-state index in [0.29, 0.717) is 0 Å². The average Bonchev–Trinajstić information content (AvgIpc) is 2.68. The molecule has 0 amide bonds. The van der Waals surface area contributed by atoms with Crippen LogP contribution in [0.4, 0.5) is 0 Å². The highest BCUT2D eigenvalue weighted by atomic mass is 79.9. The molecule has 1 aliphatic rings. The largest absolute Gasteiger partial charge is 0.373 e. The molecule has 3 N–H and O–H groups in total. The van der Waals surface area contributed by atoms with Gasteiger partial charge in [-0.25, -0.2) is 5.43 Å². The Labute approximate surface area is 128 Å². The first-order valence-corrected chi connectivity index (χ1v) is 8.74. The number of rotatable bonds is 5. The minimum Gasteiger partial charge on any atom is -0.373 e. The van der Waals surface area contributed by atoms with Crippen molar-refractivity contribution in [1.82, 2.24) is 5.43 Å². The maximum absolute atomic E-state index is 6.23. The van der Waals surface area contributed by atoms with Crippen LogP contribution in [0.15, 0.2) is 15.9 Å². The van der Waals surface area contributed by atoms with Crippen LogP contribution >= 0.6 is 27.3 Å². The molecule has 1 aliphatic carbocycles. The summed E-state index contributed by atoms with van der Waals surface area (Å²) in [7, 11) is 0. The van der Waals surface area contributed by atoms with Crippen molar-refractivity contribution in [2.24, 2.45) is 5.84 Å². The summed E-state index contributed by atoms with van der Waals surface area (Å²) in [5.74, 6) is 5.89. The Morgan fingerprint density at radius 2 is 2.11 bits per heavy atom. The lowest BCUT2D eigenvalue weighted by Crippen LogP contribution is -2.48. The Balaban J connectivity index is 2.31. The summed E-state index contributed by atoms with van der Waals surface area (Å²) in [5.41, 5.74) is 2.86. The molecule has 1 heterocycles. The number of hydrogen-bond acceptors (Lipinski definition) is 4.